The molecule has 2 aromatic rings. The normalized spacial score (nSPS) is 16.2. The highest BCUT2D eigenvalue weighted by atomic mass is 35.5. The van der Waals surface area contributed by atoms with Crippen molar-refractivity contribution in [2.45, 2.75) is 44.9 Å². The Morgan fingerprint density at radius 3 is 2.57 bits per heavy atom. The maximum atomic E-state index is 5.96. The van der Waals surface area contributed by atoms with Gasteiger partial charge >= 0.3 is 0 Å². The first kappa shape index (κ1) is 14.5. The van der Waals surface area contributed by atoms with Crippen LogP contribution in [0.25, 0.3) is 11.1 Å². The van der Waals surface area contributed by atoms with Crippen molar-refractivity contribution in [2.24, 2.45) is 5.92 Å². The van der Waals surface area contributed by atoms with Crippen LogP contribution in [-0.2, 0) is 6.42 Å². The van der Waals surface area contributed by atoms with Gasteiger partial charge in [0.15, 0.2) is 0 Å². The summed E-state index contributed by atoms with van der Waals surface area (Å²) in [5, 5.41) is 4.89. The van der Waals surface area contributed by atoms with Crippen LogP contribution < -0.4 is 5.73 Å². The minimum atomic E-state index is 0.399. The number of hydrogen-bond acceptors (Lipinski definition) is 3. The molecule has 0 atom stereocenters. The number of benzene rings is 1. The summed E-state index contributed by atoms with van der Waals surface area (Å²) in [5.74, 6) is 1.23. The van der Waals surface area contributed by atoms with Crippen molar-refractivity contribution in [1.29, 1.82) is 0 Å². The Labute approximate surface area is 130 Å². The van der Waals surface area contributed by atoms with Gasteiger partial charge in [-0.1, -0.05) is 61.0 Å². The highest BCUT2D eigenvalue weighted by molar-refractivity contribution is 6.30. The smallest absolute Gasteiger partial charge is 0.230 e. The number of nitrogens with zero attached hydrogens (tertiary/aromatic N) is 1. The molecule has 0 saturated heterocycles. The molecule has 3 rings (SSSR count). The zero-order valence-corrected chi connectivity index (χ0v) is 12.9. The van der Waals surface area contributed by atoms with E-state index in [9.17, 15) is 0 Å². The third kappa shape index (κ3) is 3.41. The molecule has 4 heteroatoms. The van der Waals surface area contributed by atoms with E-state index < -0.39 is 0 Å². The molecule has 1 fully saturated rings. The number of hydrogen-bond donors (Lipinski definition) is 1. The fraction of sp³-hybridized carbons (Fsp3) is 0.471. The SMILES string of the molecule is Nc1onc(CCC2CCCCC2)c1-c1ccc(Cl)cc1. The summed E-state index contributed by atoms with van der Waals surface area (Å²) in [6.07, 6.45) is 8.94. The van der Waals surface area contributed by atoms with E-state index in [-0.39, 0.29) is 0 Å². The Balaban J connectivity index is 1.75. The average Bonchev–Trinajstić information content (AvgIpc) is 2.88. The van der Waals surface area contributed by atoms with Gasteiger partial charge in [0.1, 0.15) is 0 Å². The van der Waals surface area contributed by atoms with Gasteiger partial charge in [0.25, 0.3) is 0 Å². The van der Waals surface area contributed by atoms with Crippen molar-refractivity contribution in [3.05, 3.63) is 35.0 Å². The van der Waals surface area contributed by atoms with Gasteiger partial charge in [-0.25, -0.2) is 0 Å². The first-order valence-electron chi connectivity index (χ1n) is 7.74. The van der Waals surface area contributed by atoms with Crippen molar-refractivity contribution < 1.29 is 4.52 Å². The minimum Gasteiger partial charge on any atom is -0.367 e. The lowest BCUT2D eigenvalue weighted by atomic mass is 9.85. The summed E-state index contributed by atoms with van der Waals surface area (Å²) >= 11 is 5.95. The number of nitrogen functional groups attached to an aromatic ring is 1. The standard InChI is InChI=1S/C17H21ClN2O/c18-14-9-7-13(8-10-14)16-15(20-21-17(16)19)11-6-12-4-2-1-3-5-12/h7-10,12H,1-6,11,19H2. The predicted octanol–water partition coefficient (Wildman–Crippen LogP) is 5.09. The molecule has 2 N–H and O–H groups in total. The van der Waals surface area contributed by atoms with Crippen LogP contribution in [0.2, 0.25) is 5.02 Å². The summed E-state index contributed by atoms with van der Waals surface area (Å²) in [6, 6.07) is 7.67. The average molecular weight is 305 g/mol. The summed E-state index contributed by atoms with van der Waals surface area (Å²) in [5.41, 5.74) is 8.89. The second kappa shape index (κ2) is 6.52. The lowest BCUT2D eigenvalue weighted by Gasteiger charge is -2.20. The van der Waals surface area contributed by atoms with Crippen LogP contribution in [0.15, 0.2) is 28.8 Å². The van der Waals surface area contributed by atoms with E-state index in [1.807, 2.05) is 24.3 Å². The molecule has 0 amide bonds. The molecule has 0 bridgehead atoms. The Morgan fingerprint density at radius 1 is 1.14 bits per heavy atom. The van der Waals surface area contributed by atoms with E-state index in [2.05, 4.69) is 5.16 Å². The molecule has 112 valence electrons. The second-order valence-corrected chi connectivity index (χ2v) is 6.35. The molecule has 21 heavy (non-hydrogen) atoms. The number of aryl methyl sites for hydroxylation is 1. The van der Waals surface area contributed by atoms with Crippen molar-refractivity contribution in [2.75, 3.05) is 5.73 Å². The maximum absolute atomic E-state index is 5.96. The fourth-order valence-corrected chi connectivity index (χ4v) is 3.38. The van der Waals surface area contributed by atoms with E-state index in [1.54, 1.807) is 0 Å². The van der Waals surface area contributed by atoms with Gasteiger partial charge < -0.3 is 10.3 Å². The Hall–Kier alpha value is -1.48. The zero-order valence-electron chi connectivity index (χ0n) is 12.1. The van der Waals surface area contributed by atoms with Gasteiger partial charge in [0, 0.05) is 5.02 Å². The quantitative estimate of drug-likeness (QED) is 0.856. The van der Waals surface area contributed by atoms with E-state index in [1.165, 1.54) is 38.5 Å². The van der Waals surface area contributed by atoms with E-state index in [4.69, 9.17) is 21.9 Å². The maximum Gasteiger partial charge on any atom is 0.230 e. The zero-order chi connectivity index (χ0) is 14.7. The Morgan fingerprint density at radius 2 is 1.86 bits per heavy atom. The van der Waals surface area contributed by atoms with E-state index in [0.717, 1.165) is 34.2 Å². The van der Waals surface area contributed by atoms with Crippen molar-refractivity contribution >= 4 is 17.5 Å². The summed E-state index contributed by atoms with van der Waals surface area (Å²) in [4.78, 5) is 0. The third-order valence-electron chi connectivity index (χ3n) is 4.44. The molecule has 1 aromatic carbocycles. The van der Waals surface area contributed by atoms with Crippen LogP contribution in [0.3, 0.4) is 0 Å². The number of nitrogens with two attached hydrogens (primary N) is 1. The van der Waals surface area contributed by atoms with Crippen LogP contribution >= 0.6 is 11.6 Å². The summed E-state index contributed by atoms with van der Waals surface area (Å²) in [7, 11) is 0. The van der Waals surface area contributed by atoms with Gasteiger partial charge in [0.2, 0.25) is 5.88 Å². The van der Waals surface area contributed by atoms with Crippen molar-refractivity contribution in [1.82, 2.24) is 5.16 Å². The molecule has 1 heterocycles. The Bertz CT molecular complexity index is 585. The number of halogens is 1. The highest BCUT2D eigenvalue weighted by Gasteiger charge is 2.19. The van der Waals surface area contributed by atoms with Crippen LogP contribution in [0, 0.1) is 5.92 Å². The molecule has 1 aliphatic carbocycles. The molecule has 0 spiro atoms. The van der Waals surface area contributed by atoms with Crippen LogP contribution in [0.1, 0.15) is 44.2 Å². The van der Waals surface area contributed by atoms with Crippen molar-refractivity contribution in [3.63, 3.8) is 0 Å². The minimum absolute atomic E-state index is 0.399. The number of rotatable bonds is 4. The van der Waals surface area contributed by atoms with Gasteiger partial charge in [-0.15, -0.1) is 0 Å². The van der Waals surface area contributed by atoms with E-state index >= 15 is 0 Å². The van der Waals surface area contributed by atoms with E-state index in [0.29, 0.717) is 5.88 Å². The lowest BCUT2D eigenvalue weighted by molar-refractivity contribution is 0.335. The van der Waals surface area contributed by atoms with Crippen LogP contribution in [-0.4, -0.2) is 5.16 Å². The summed E-state index contributed by atoms with van der Waals surface area (Å²) in [6.45, 7) is 0. The molecule has 0 radical (unpaired) electrons. The number of aromatic nitrogens is 1. The van der Waals surface area contributed by atoms with Gasteiger partial charge in [0.05, 0.1) is 11.3 Å². The molecule has 3 nitrogen and oxygen atoms in total. The molecule has 1 aliphatic rings. The first-order valence-corrected chi connectivity index (χ1v) is 8.12. The molecule has 1 aromatic heterocycles. The van der Waals surface area contributed by atoms with Gasteiger partial charge in [-0.05, 0) is 36.5 Å². The predicted molar refractivity (Wildman–Crippen MR) is 86.3 cm³/mol. The first-order chi connectivity index (χ1) is 10.2. The van der Waals surface area contributed by atoms with Gasteiger partial charge in [-0.2, -0.15) is 0 Å². The molecular weight excluding hydrogens is 284 g/mol. The molecule has 0 unspecified atom stereocenters. The fourth-order valence-electron chi connectivity index (χ4n) is 3.25. The largest absolute Gasteiger partial charge is 0.367 e. The van der Waals surface area contributed by atoms with Crippen molar-refractivity contribution in [3.8, 4) is 11.1 Å². The molecule has 1 saturated carbocycles. The Kier molecular flexibility index (Phi) is 4.49. The third-order valence-corrected chi connectivity index (χ3v) is 4.69. The summed E-state index contributed by atoms with van der Waals surface area (Å²) < 4.78 is 5.21. The molecular formula is C17H21ClN2O. The molecule has 0 aliphatic heterocycles. The second-order valence-electron chi connectivity index (χ2n) is 5.92. The number of anilines is 1. The topological polar surface area (TPSA) is 52.0 Å². The van der Waals surface area contributed by atoms with Crippen LogP contribution in [0.4, 0.5) is 5.88 Å². The lowest BCUT2D eigenvalue weighted by Crippen LogP contribution is -2.07. The van der Waals surface area contributed by atoms with Crippen LogP contribution in [0.5, 0.6) is 0 Å². The van der Waals surface area contributed by atoms with Gasteiger partial charge in [-0.3, -0.25) is 0 Å². The monoisotopic (exact) mass is 304 g/mol. The highest BCUT2D eigenvalue weighted by Crippen LogP contribution is 2.33.